The molecule has 1 aromatic heterocycles. The maximum absolute atomic E-state index is 11.9. The second kappa shape index (κ2) is 6.29. The van der Waals surface area contributed by atoms with Crippen LogP contribution in [-0.2, 0) is 11.2 Å². The number of benzene rings is 1. The monoisotopic (exact) mass is 334 g/mol. The lowest BCUT2D eigenvalue weighted by Crippen LogP contribution is -2.15. The van der Waals surface area contributed by atoms with Crippen molar-refractivity contribution in [2.75, 3.05) is 5.32 Å². The number of nitrogens with one attached hydrogen (secondary N) is 1. The SMILES string of the molecule is O=C(Cc1ccccc1Br)Nc1ccc(C(=O)O)nc1. The molecule has 2 N–H and O–H groups in total. The summed E-state index contributed by atoms with van der Waals surface area (Å²) in [5, 5.41) is 11.4. The van der Waals surface area contributed by atoms with Gasteiger partial charge in [0.15, 0.2) is 0 Å². The Morgan fingerprint density at radius 1 is 1.20 bits per heavy atom. The third kappa shape index (κ3) is 3.64. The fourth-order valence-corrected chi connectivity index (χ4v) is 2.04. The van der Waals surface area contributed by atoms with E-state index in [1.165, 1.54) is 18.3 Å². The predicted molar refractivity (Wildman–Crippen MR) is 77.7 cm³/mol. The molecule has 2 aromatic rings. The number of halogens is 1. The first kappa shape index (κ1) is 14.2. The van der Waals surface area contributed by atoms with Crippen LogP contribution in [0.5, 0.6) is 0 Å². The average molecular weight is 335 g/mol. The van der Waals surface area contributed by atoms with Gasteiger partial charge in [0.1, 0.15) is 5.69 Å². The summed E-state index contributed by atoms with van der Waals surface area (Å²) >= 11 is 3.38. The zero-order valence-electron chi connectivity index (χ0n) is 10.3. The quantitative estimate of drug-likeness (QED) is 0.900. The third-order valence-electron chi connectivity index (χ3n) is 2.58. The Morgan fingerprint density at radius 2 is 1.95 bits per heavy atom. The number of amides is 1. The number of pyridine rings is 1. The number of nitrogens with zero attached hydrogens (tertiary/aromatic N) is 1. The van der Waals surface area contributed by atoms with Gasteiger partial charge in [-0.1, -0.05) is 34.1 Å². The van der Waals surface area contributed by atoms with Gasteiger partial charge in [-0.2, -0.15) is 0 Å². The van der Waals surface area contributed by atoms with Crippen LogP contribution in [0.2, 0.25) is 0 Å². The predicted octanol–water partition coefficient (Wildman–Crippen LogP) is 2.72. The number of aromatic nitrogens is 1. The van der Waals surface area contributed by atoms with E-state index in [1.54, 1.807) is 0 Å². The van der Waals surface area contributed by atoms with E-state index in [1.807, 2.05) is 24.3 Å². The largest absolute Gasteiger partial charge is 0.477 e. The van der Waals surface area contributed by atoms with Crippen LogP contribution in [0.25, 0.3) is 0 Å². The summed E-state index contributed by atoms with van der Waals surface area (Å²) in [6.07, 6.45) is 1.55. The van der Waals surface area contributed by atoms with Gasteiger partial charge in [-0.05, 0) is 23.8 Å². The smallest absolute Gasteiger partial charge is 0.354 e. The summed E-state index contributed by atoms with van der Waals surface area (Å²) in [5.74, 6) is -1.29. The van der Waals surface area contributed by atoms with Crippen LogP contribution >= 0.6 is 15.9 Å². The molecule has 1 aromatic carbocycles. The highest BCUT2D eigenvalue weighted by Gasteiger charge is 2.08. The number of carbonyl (C=O) groups excluding carboxylic acids is 1. The zero-order chi connectivity index (χ0) is 14.5. The summed E-state index contributed by atoms with van der Waals surface area (Å²) < 4.78 is 0.870. The van der Waals surface area contributed by atoms with Crippen molar-refractivity contribution in [3.05, 3.63) is 58.3 Å². The van der Waals surface area contributed by atoms with Gasteiger partial charge in [-0.3, -0.25) is 4.79 Å². The van der Waals surface area contributed by atoms with E-state index in [2.05, 4.69) is 26.2 Å². The Bertz CT molecular complexity index is 641. The number of hydrogen-bond donors (Lipinski definition) is 2. The highest BCUT2D eigenvalue weighted by atomic mass is 79.9. The number of carbonyl (C=O) groups is 2. The van der Waals surface area contributed by atoms with Gasteiger partial charge in [0.25, 0.3) is 0 Å². The minimum atomic E-state index is -1.10. The minimum Gasteiger partial charge on any atom is -0.477 e. The summed E-state index contributed by atoms with van der Waals surface area (Å²) in [5.41, 5.74) is 1.28. The number of aromatic carboxylic acids is 1. The first-order valence-corrected chi connectivity index (χ1v) is 6.58. The molecule has 0 bridgehead atoms. The Balaban J connectivity index is 2.01. The van der Waals surface area contributed by atoms with Gasteiger partial charge in [0.05, 0.1) is 18.3 Å². The van der Waals surface area contributed by atoms with E-state index in [4.69, 9.17) is 5.11 Å². The molecule has 102 valence electrons. The fraction of sp³-hybridized carbons (Fsp3) is 0.0714. The van der Waals surface area contributed by atoms with Crippen LogP contribution in [0.1, 0.15) is 16.1 Å². The van der Waals surface area contributed by atoms with E-state index >= 15 is 0 Å². The molecule has 0 radical (unpaired) electrons. The van der Waals surface area contributed by atoms with Gasteiger partial charge in [0, 0.05) is 4.47 Å². The molecule has 0 aliphatic carbocycles. The average Bonchev–Trinajstić information content (AvgIpc) is 2.42. The molecule has 1 amide bonds. The molecule has 0 aliphatic heterocycles. The van der Waals surface area contributed by atoms with Crippen molar-refractivity contribution in [1.82, 2.24) is 4.98 Å². The molecule has 0 saturated carbocycles. The normalized spacial score (nSPS) is 10.1. The molecule has 0 unspecified atom stereocenters. The lowest BCUT2D eigenvalue weighted by atomic mass is 10.1. The Labute approximate surface area is 123 Å². The highest BCUT2D eigenvalue weighted by Crippen LogP contribution is 2.17. The molecule has 0 fully saturated rings. The Kier molecular flexibility index (Phi) is 4.47. The van der Waals surface area contributed by atoms with Crippen molar-refractivity contribution in [2.45, 2.75) is 6.42 Å². The number of hydrogen-bond acceptors (Lipinski definition) is 3. The van der Waals surface area contributed by atoms with Crippen LogP contribution in [0.15, 0.2) is 47.1 Å². The zero-order valence-corrected chi connectivity index (χ0v) is 11.9. The summed E-state index contributed by atoms with van der Waals surface area (Å²) in [6, 6.07) is 10.3. The van der Waals surface area contributed by atoms with E-state index in [-0.39, 0.29) is 18.0 Å². The molecule has 20 heavy (non-hydrogen) atoms. The molecule has 2 rings (SSSR count). The van der Waals surface area contributed by atoms with Gasteiger partial charge >= 0.3 is 5.97 Å². The van der Waals surface area contributed by atoms with Crippen molar-refractivity contribution in [2.24, 2.45) is 0 Å². The van der Waals surface area contributed by atoms with Crippen molar-refractivity contribution in [1.29, 1.82) is 0 Å². The van der Waals surface area contributed by atoms with Crippen LogP contribution < -0.4 is 5.32 Å². The van der Waals surface area contributed by atoms with Crippen LogP contribution in [0.4, 0.5) is 5.69 Å². The van der Waals surface area contributed by atoms with Gasteiger partial charge in [0.2, 0.25) is 5.91 Å². The molecule has 0 atom stereocenters. The first-order chi connectivity index (χ1) is 9.56. The third-order valence-corrected chi connectivity index (χ3v) is 3.35. The maximum Gasteiger partial charge on any atom is 0.354 e. The van der Waals surface area contributed by atoms with E-state index < -0.39 is 5.97 Å². The number of carboxylic acid groups (broad SMARTS) is 1. The minimum absolute atomic E-state index is 0.0613. The molecular weight excluding hydrogens is 324 g/mol. The van der Waals surface area contributed by atoms with Crippen LogP contribution in [0.3, 0.4) is 0 Å². The van der Waals surface area contributed by atoms with Crippen LogP contribution in [-0.4, -0.2) is 22.0 Å². The number of rotatable bonds is 4. The Morgan fingerprint density at radius 3 is 2.55 bits per heavy atom. The summed E-state index contributed by atoms with van der Waals surface area (Å²) in [6.45, 7) is 0. The van der Waals surface area contributed by atoms with Crippen molar-refractivity contribution < 1.29 is 14.7 Å². The molecule has 6 heteroatoms. The maximum atomic E-state index is 11.9. The first-order valence-electron chi connectivity index (χ1n) is 5.79. The van der Waals surface area contributed by atoms with E-state index in [9.17, 15) is 9.59 Å². The fourth-order valence-electron chi connectivity index (χ4n) is 1.61. The number of carboxylic acids is 1. The van der Waals surface area contributed by atoms with Crippen LogP contribution in [0, 0.1) is 0 Å². The van der Waals surface area contributed by atoms with Gasteiger partial charge < -0.3 is 10.4 Å². The molecule has 1 heterocycles. The molecule has 0 saturated heterocycles. The van der Waals surface area contributed by atoms with Crippen molar-refractivity contribution in [3.63, 3.8) is 0 Å². The standard InChI is InChI=1S/C14H11BrN2O3/c15-11-4-2-1-3-9(11)7-13(18)17-10-5-6-12(14(19)20)16-8-10/h1-6,8H,7H2,(H,17,18)(H,19,20). The second-order valence-electron chi connectivity index (χ2n) is 4.05. The summed E-state index contributed by atoms with van der Waals surface area (Å²) in [4.78, 5) is 26.3. The molecule has 0 spiro atoms. The van der Waals surface area contributed by atoms with E-state index in [0.29, 0.717) is 5.69 Å². The molecule has 0 aliphatic rings. The molecule has 5 nitrogen and oxygen atoms in total. The lowest BCUT2D eigenvalue weighted by molar-refractivity contribution is -0.115. The van der Waals surface area contributed by atoms with Gasteiger partial charge in [-0.15, -0.1) is 0 Å². The van der Waals surface area contributed by atoms with Gasteiger partial charge in [-0.25, -0.2) is 9.78 Å². The highest BCUT2D eigenvalue weighted by molar-refractivity contribution is 9.10. The number of anilines is 1. The topological polar surface area (TPSA) is 79.3 Å². The molecular formula is C14H11BrN2O3. The van der Waals surface area contributed by atoms with Crippen molar-refractivity contribution in [3.8, 4) is 0 Å². The summed E-state index contributed by atoms with van der Waals surface area (Å²) in [7, 11) is 0. The van der Waals surface area contributed by atoms with Crippen molar-refractivity contribution >= 4 is 33.5 Å². The second-order valence-corrected chi connectivity index (χ2v) is 4.91. The van der Waals surface area contributed by atoms with E-state index in [0.717, 1.165) is 10.0 Å². The Hall–Kier alpha value is -2.21. The lowest BCUT2D eigenvalue weighted by Gasteiger charge is -2.06.